The highest BCUT2D eigenvalue weighted by molar-refractivity contribution is 5.38. The largest absolute Gasteiger partial charge is 0.478 e. The average molecular weight is 237 g/mol. The Bertz CT molecular complexity index is 315. The SMILES string of the molecule is CCCc1nc(NCC(C)C)cc(OCC)n1. The number of nitrogens with one attached hydrogen (secondary N) is 1. The van der Waals surface area contributed by atoms with Crippen LogP contribution in [0.3, 0.4) is 0 Å². The van der Waals surface area contributed by atoms with Gasteiger partial charge in [-0.1, -0.05) is 20.8 Å². The summed E-state index contributed by atoms with van der Waals surface area (Å²) < 4.78 is 5.45. The Kier molecular flexibility index (Phi) is 5.73. The zero-order valence-corrected chi connectivity index (χ0v) is 11.3. The van der Waals surface area contributed by atoms with Crippen LogP contribution >= 0.6 is 0 Å². The summed E-state index contributed by atoms with van der Waals surface area (Å²) in [5.41, 5.74) is 0. The summed E-state index contributed by atoms with van der Waals surface area (Å²) in [7, 11) is 0. The second-order valence-electron chi connectivity index (χ2n) is 4.47. The first-order chi connectivity index (χ1) is 8.15. The summed E-state index contributed by atoms with van der Waals surface area (Å²) in [5.74, 6) is 2.97. The van der Waals surface area contributed by atoms with E-state index in [1.807, 2.05) is 13.0 Å². The maximum atomic E-state index is 5.45. The number of hydrogen-bond donors (Lipinski definition) is 1. The number of anilines is 1. The standard InChI is InChI=1S/C13H23N3O/c1-5-7-11-15-12(14-9-10(3)4)8-13(16-11)17-6-2/h8,10H,5-7,9H2,1-4H3,(H,14,15,16). The number of aromatic nitrogens is 2. The highest BCUT2D eigenvalue weighted by atomic mass is 16.5. The predicted octanol–water partition coefficient (Wildman–Crippen LogP) is 2.90. The molecular formula is C13H23N3O. The van der Waals surface area contributed by atoms with Crippen molar-refractivity contribution in [3.8, 4) is 5.88 Å². The lowest BCUT2D eigenvalue weighted by Gasteiger charge is -2.11. The lowest BCUT2D eigenvalue weighted by atomic mass is 10.2. The molecule has 0 aromatic carbocycles. The zero-order chi connectivity index (χ0) is 12.7. The van der Waals surface area contributed by atoms with Crippen molar-refractivity contribution in [2.75, 3.05) is 18.5 Å². The van der Waals surface area contributed by atoms with Gasteiger partial charge < -0.3 is 10.1 Å². The maximum Gasteiger partial charge on any atom is 0.218 e. The topological polar surface area (TPSA) is 47.0 Å². The van der Waals surface area contributed by atoms with Gasteiger partial charge in [-0.2, -0.15) is 4.98 Å². The fraction of sp³-hybridized carbons (Fsp3) is 0.692. The van der Waals surface area contributed by atoms with Crippen LogP contribution in [-0.2, 0) is 6.42 Å². The van der Waals surface area contributed by atoms with Gasteiger partial charge >= 0.3 is 0 Å². The maximum absolute atomic E-state index is 5.45. The summed E-state index contributed by atoms with van der Waals surface area (Å²) in [6, 6.07) is 1.87. The van der Waals surface area contributed by atoms with Crippen LogP contribution < -0.4 is 10.1 Å². The molecule has 0 bridgehead atoms. The summed E-state index contributed by atoms with van der Waals surface area (Å²) in [6.07, 6.45) is 1.93. The molecule has 0 unspecified atom stereocenters. The van der Waals surface area contributed by atoms with Gasteiger partial charge in [-0.3, -0.25) is 0 Å². The van der Waals surface area contributed by atoms with Crippen molar-refractivity contribution in [2.24, 2.45) is 5.92 Å². The van der Waals surface area contributed by atoms with E-state index < -0.39 is 0 Å². The summed E-state index contributed by atoms with van der Waals surface area (Å²) in [4.78, 5) is 8.84. The molecule has 4 nitrogen and oxygen atoms in total. The van der Waals surface area contributed by atoms with Crippen molar-refractivity contribution in [3.63, 3.8) is 0 Å². The molecule has 1 N–H and O–H groups in total. The molecule has 0 amide bonds. The highest BCUT2D eigenvalue weighted by Gasteiger charge is 2.05. The second-order valence-corrected chi connectivity index (χ2v) is 4.47. The summed E-state index contributed by atoms with van der Waals surface area (Å²) in [5, 5.41) is 3.31. The molecule has 4 heteroatoms. The van der Waals surface area contributed by atoms with Gasteiger partial charge in [-0.15, -0.1) is 0 Å². The van der Waals surface area contributed by atoms with E-state index in [2.05, 4.69) is 36.1 Å². The minimum absolute atomic E-state index is 0.593. The molecule has 1 rings (SSSR count). The third-order valence-corrected chi connectivity index (χ3v) is 2.21. The fourth-order valence-electron chi connectivity index (χ4n) is 1.43. The number of nitrogens with zero attached hydrogens (tertiary/aromatic N) is 2. The molecule has 0 atom stereocenters. The quantitative estimate of drug-likeness (QED) is 0.792. The van der Waals surface area contributed by atoms with Crippen LogP contribution in [0, 0.1) is 5.92 Å². The molecule has 0 saturated heterocycles. The van der Waals surface area contributed by atoms with E-state index in [-0.39, 0.29) is 0 Å². The first-order valence-electron chi connectivity index (χ1n) is 6.40. The minimum atomic E-state index is 0.593. The third kappa shape index (κ3) is 5.02. The van der Waals surface area contributed by atoms with E-state index in [1.54, 1.807) is 0 Å². The summed E-state index contributed by atoms with van der Waals surface area (Å²) in [6.45, 7) is 9.97. The van der Waals surface area contributed by atoms with Gasteiger partial charge in [0.2, 0.25) is 5.88 Å². The van der Waals surface area contributed by atoms with Crippen molar-refractivity contribution in [1.29, 1.82) is 0 Å². The molecule has 0 spiro atoms. The Hall–Kier alpha value is -1.32. The number of hydrogen-bond acceptors (Lipinski definition) is 4. The molecule has 0 fully saturated rings. The van der Waals surface area contributed by atoms with Crippen molar-refractivity contribution < 1.29 is 4.74 Å². The lowest BCUT2D eigenvalue weighted by molar-refractivity contribution is 0.325. The van der Waals surface area contributed by atoms with E-state index in [9.17, 15) is 0 Å². The van der Waals surface area contributed by atoms with Gasteiger partial charge in [-0.05, 0) is 19.3 Å². The molecule has 1 aromatic heterocycles. The molecule has 1 heterocycles. The van der Waals surface area contributed by atoms with E-state index in [1.165, 1.54) is 0 Å². The lowest BCUT2D eigenvalue weighted by Crippen LogP contribution is -2.11. The molecule has 0 aliphatic heterocycles. The number of rotatable bonds is 7. The van der Waals surface area contributed by atoms with Crippen LogP contribution in [-0.4, -0.2) is 23.1 Å². The van der Waals surface area contributed by atoms with Gasteiger partial charge in [0.05, 0.1) is 6.61 Å². The molecule has 96 valence electrons. The van der Waals surface area contributed by atoms with Gasteiger partial charge in [0.25, 0.3) is 0 Å². The number of ether oxygens (including phenoxy) is 1. The van der Waals surface area contributed by atoms with Crippen molar-refractivity contribution in [3.05, 3.63) is 11.9 Å². The van der Waals surface area contributed by atoms with Gasteiger partial charge in [0, 0.05) is 19.0 Å². The van der Waals surface area contributed by atoms with E-state index >= 15 is 0 Å². The predicted molar refractivity (Wildman–Crippen MR) is 70.5 cm³/mol. The molecule has 0 saturated carbocycles. The fourth-order valence-corrected chi connectivity index (χ4v) is 1.43. The molecular weight excluding hydrogens is 214 g/mol. The molecule has 1 aromatic rings. The van der Waals surface area contributed by atoms with Gasteiger partial charge in [0.1, 0.15) is 11.6 Å². The second kappa shape index (κ2) is 7.09. The Morgan fingerprint density at radius 1 is 1.29 bits per heavy atom. The smallest absolute Gasteiger partial charge is 0.218 e. The van der Waals surface area contributed by atoms with Gasteiger partial charge in [0.15, 0.2) is 0 Å². The molecule has 0 radical (unpaired) electrons. The number of aryl methyl sites for hydroxylation is 1. The Balaban J connectivity index is 2.79. The van der Waals surface area contributed by atoms with Crippen molar-refractivity contribution in [2.45, 2.75) is 40.5 Å². The minimum Gasteiger partial charge on any atom is -0.478 e. The normalized spacial score (nSPS) is 10.6. The summed E-state index contributed by atoms with van der Waals surface area (Å²) >= 11 is 0. The van der Waals surface area contributed by atoms with E-state index in [0.717, 1.165) is 31.0 Å². The van der Waals surface area contributed by atoms with Crippen LogP contribution in [0.2, 0.25) is 0 Å². The monoisotopic (exact) mass is 237 g/mol. The third-order valence-electron chi connectivity index (χ3n) is 2.21. The first kappa shape index (κ1) is 13.7. The van der Waals surface area contributed by atoms with Crippen LogP contribution in [0.4, 0.5) is 5.82 Å². The Labute approximate surface area is 104 Å². The van der Waals surface area contributed by atoms with Crippen LogP contribution in [0.25, 0.3) is 0 Å². The van der Waals surface area contributed by atoms with Crippen LogP contribution in [0.1, 0.15) is 39.9 Å². The van der Waals surface area contributed by atoms with E-state index in [4.69, 9.17) is 4.74 Å². The molecule has 0 aliphatic carbocycles. The first-order valence-corrected chi connectivity index (χ1v) is 6.40. The highest BCUT2D eigenvalue weighted by Crippen LogP contribution is 2.15. The molecule has 17 heavy (non-hydrogen) atoms. The average Bonchev–Trinajstić information content (AvgIpc) is 2.27. The Morgan fingerprint density at radius 2 is 2.06 bits per heavy atom. The molecule has 0 aliphatic rings. The van der Waals surface area contributed by atoms with Crippen LogP contribution in [0.5, 0.6) is 5.88 Å². The van der Waals surface area contributed by atoms with Crippen LogP contribution in [0.15, 0.2) is 6.07 Å². The van der Waals surface area contributed by atoms with Gasteiger partial charge in [-0.25, -0.2) is 4.98 Å². The Morgan fingerprint density at radius 3 is 2.65 bits per heavy atom. The van der Waals surface area contributed by atoms with Crippen molar-refractivity contribution >= 4 is 5.82 Å². The van der Waals surface area contributed by atoms with E-state index in [0.29, 0.717) is 18.4 Å². The zero-order valence-electron chi connectivity index (χ0n) is 11.3. The van der Waals surface area contributed by atoms with Crippen molar-refractivity contribution in [1.82, 2.24) is 9.97 Å².